The van der Waals surface area contributed by atoms with E-state index in [9.17, 15) is 4.79 Å². The van der Waals surface area contributed by atoms with Gasteiger partial charge in [0.15, 0.2) is 6.29 Å². The minimum atomic E-state index is 0.474. The maximum Gasteiger partial charge on any atom is 0.153 e. The molecule has 1 aromatic carbocycles. The number of hydrogen-bond acceptors (Lipinski definition) is 2. The molecule has 0 spiro atoms. The van der Waals surface area contributed by atoms with Gasteiger partial charge in [0.05, 0.1) is 5.56 Å². The minimum Gasteiger partial charge on any atom is -0.489 e. The predicted molar refractivity (Wildman–Crippen MR) is 56.8 cm³/mol. The van der Waals surface area contributed by atoms with Gasteiger partial charge < -0.3 is 4.74 Å². The summed E-state index contributed by atoms with van der Waals surface area (Å²) in [6.45, 7) is 6.33. The van der Waals surface area contributed by atoms with E-state index in [-0.39, 0.29) is 0 Å². The van der Waals surface area contributed by atoms with E-state index in [0.29, 0.717) is 17.9 Å². The van der Waals surface area contributed by atoms with Gasteiger partial charge in [-0.3, -0.25) is 4.79 Å². The molecule has 0 fully saturated rings. The van der Waals surface area contributed by atoms with Gasteiger partial charge in [0.1, 0.15) is 12.4 Å². The van der Waals surface area contributed by atoms with Crippen LogP contribution in [-0.2, 0) is 0 Å². The first kappa shape index (κ1) is 10.5. The van der Waals surface area contributed by atoms with Crippen LogP contribution in [0, 0.1) is 0 Å². The van der Waals surface area contributed by atoms with E-state index in [1.165, 1.54) is 0 Å². The van der Waals surface area contributed by atoms with Crippen LogP contribution in [0.2, 0.25) is 0 Å². The highest BCUT2D eigenvalue weighted by Crippen LogP contribution is 2.16. The number of ether oxygens (including phenoxy) is 1. The Morgan fingerprint density at radius 1 is 1.50 bits per heavy atom. The second kappa shape index (κ2) is 5.22. The lowest BCUT2D eigenvalue weighted by Crippen LogP contribution is -2.01. The minimum absolute atomic E-state index is 0.474. The van der Waals surface area contributed by atoms with E-state index in [1.54, 1.807) is 12.1 Å². The van der Waals surface area contributed by atoms with Crippen LogP contribution in [-0.4, -0.2) is 12.9 Å². The Kier molecular flexibility index (Phi) is 3.92. The Morgan fingerprint density at radius 3 is 2.86 bits per heavy atom. The van der Waals surface area contributed by atoms with Gasteiger partial charge in [-0.2, -0.15) is 0 Å². The molecule has 0 saturated carbocycles. The molecular weight excluding hydrogens is 176 g/mol. The van der Waals surface area contributed by atoms with Crippen molar-refractivity contribution >= 4 is 6.29 Å². The molecule has 0 atom stereocenters. The molecular formula is C12H14O2. The van der Waals surface area contributed by atoms with E-state index < -0.39 is 0 Å². The number of rotatable bonds is 5. The van der Waals surface area contributed by atoms with Crippen LogP contribution in [0.1, 0.15) is 23.7 Å². The molecule has 0 heterocycles. The van der Waals surface area contributed by atoms with Gasteiger partial charge in [-0.1, -0.05) is 25.6 Å². The largest absolute Gasteiger partial charge is 0.489 e. The van der Waals surface area contributed by atoms with E-state index in [4.69, 9.17) is 4.74 Å². The summed E-state index contributed by atoms with van der Waals surface area (Å²) in [5.74, 6) is 0.622. The molecule has 0 aliphatic heterocycles. The third kappa shape index (κ3) is 2.73. The fourth-order valence-corrected chi connectivity index (χ4v) is 0.991. The summed E-state index contributed by atoms with van der Waals surface area (Å²) in [5, 5.41) is 0. The van der Waals surface area contributed by atoms with Crippen molar-refractivity contribution in [2.45, 2.75) is 13.3 Å². The highest BCUT2D eigenvalue weighted by molar-refractivity contribution is 5.79. The summed E-state index contributed by atoms with van der Waals surface area (Å²) < 4.78 is 5.45. The van der Waals surface area contributed by atoms with E-state index >= 15 is 0 Å². The first-order valence-corrected chi connectivity index (χ1v) is 4.61. The van der Waals surface area contributed by atoms with Crippen LogP contribution in [0.25, 0.3) is 0 Å². The topological polar surface area (TPSA) is 26.3 Å². The molecule has 0 amide bonds. The van der Waals surface area contributed by atoms with Crippen molar-refractivity contribution in [2.75, 3.05) is 6.61 Å². The molecule has 0 radical (unpaired) electrons. The van der Waals surface area contributed by atoms with E-state index in [1.807, 2.05) is 19.1 Å². The molecule has 0 bridgehead atoms. The fourth-order valence-electron chi connectivity index (χ4n) is 0.991. The summed E-state index contributed by atoms with van der Waals surface area (Å²) in [6, 6.07) is 7.17. The second-order valence-electron chi connectivity index (χ2n) is 3.05. The Bertz CT molecular complexity index is 329. The van der Waals surface area contributed by atoms with Crippen LogP contribution in [0.15, 0.2) is 36.4 Å². The van der Waals surface area contributed by atoms with Gasteiger partial charge in [-0.25, -0.2) is 0 Å². The first-order valence-electron chi connectivity index (χ1n) is 4.61. The maximum absolute atomic E-state index is 10.6. The Hall–Kier alpha value is -1.57. The van der Waals surface area contributed by atoms with E-state index in [0.717, 1.165) is 18.3 Å². The van der Waals surface area contributed by atoms with Crippen LogP contribution < -0.4 is 4.74 Å². The first-order chi connectivity index (χ1) is 6.77. The van der Waals surface area contributed by atoms with Crippen LogP contribution in [0.5, 0.6) is 5.75 Å². The van der Waals surface area contributed by atoms with Crippen molar-refractivity contribution in [1.29, 1.82) is 0 Å². The summed E-state index contributed by atoms with van der Waals surface area (Å²) >= 11 is 0. The third-order valence-electron chi connectivity index (χ3n) is 1.98. The van der Waals surface area contributed by atoms with Gasteiger partial charge >= 0.3 is 0 Å². The zero-order valence-corrected chi connectivity index (χ0v) is 8.32. The molecule has 2 nitrogen and oxygen atoms in total. The number of benzene rings is 1. The van der Waals surface area contributed by atoms with Crippen molar-refractivity contribution in [3.05, 3.63) is 42.0 Å². The Labute approximate surface area is 84.2 Å². The molecule has 0 aliphatic carbocycles. The van der Waals surface area contributed by atoms with Gasteiger partial charge in [0, 0.05) is 0 Å². The zero-order valence-electron chi connectivity index (χ0n) is 8.32. The van der Waals surface area contributed by atoms with Crippen molar-refractivity contribution in [3.8, 4) is 5.75 Å². The van der Waals surface area contributed by atoms with Gasteiger partial charge in [0.25, 0.3) is 0 Å². The quantitative estimate of drug-likeness (QED) is 0.527. The second-order valence-corrected chi connectivity index (χ2v) is 3.05. The number of aldehydes is 1. The molecule has 14 heavy (non-hydrogen) atoms. The van der Waals surface area contributed by atoms with Crippen molar-refractivity contribution < 1.29 is 9.53 Å². The van der Waals surface area contributed by atoms with Crippen molar-refractivity contribution in [3.63, 3.8) is 0 Å². The highest BCUT2D eigenvalue weighted by atomic mass is 16.5. The van der Waals surface area contributed by atoms with E-state index in [2.05, 4.69) is 6.58 Å². The van der Waals surface area contributed by atoms with Crippen molar-refractivity contribution in [1.82, 2.24) is 0 Å². The molecule has 1 aromatic rings. The zero-order chi connectivity index (χ0) is 10.4. The monoisotopic (exact) mass is 190 g/mol. The molecule has 2 heteroatoms. The van der Waals surface area contributed by atoms with Gasteiger partial charge in [-0.05, 0) is 24.1 Å². The van der Waals surface area contributed by atoms with Crippen LogP contribution in [0.4, 0.5) is 0 Å². The lowest BCUT2D eigenvalue weighted by molar-refractivity contribution is 0.112. The average Bonchev–Trinajstić information content (AvgIpc) is 2.26. The van der Waals surface area contributed by atoms with Gasteiger partial charge in [0.2, 0.25) is 0 Å². The van der Waals surface area contributed by atoms with Gasteiger partial charge in [-0.15, -0.1) is 0 Å². The summed E-state index contributed by atoms with van der Waals surface area (Å²) in [6.07, 6.45) is 1.69. The number of hydrogen-bond donors (Lipinski definition) is 0. The summed E-state index contributed by atoms with van der Waals surface area (Å²) in [4.78, 5) is 10.6. The predicted octanol–water partition coefficient (Wildman–Crippen LogP) is 2.84. The number of para-hydroxylation sites is 1. The third-order valence-corrected chi connectivity index (χ3v) is 1.98. The molecule has 0 aliphatic rings. The Morgan fingerprint density at radius 2 is 2.21 bits per heavy atom. The smallest absolute Gasteiger partial charge is 0.153 e. The Balaban J connectivity index is 2.66. The van der Waals surface area contributed by atoms with Crippen LogP contribution in [0.3, 0.4) is 0 Å². The molecule has 1 rings (SSSR count). The average molecular weight is 190 g/mol. The fraction of sp³-hybridized carbons (Fsp3) is 0.250. The molecule has 0 aromatic heterocycles. The SMILES string of the molecule is C=C(CC)COc1ccccc1C=O. The number of carbonyl (C=O) groups excluding carboxylic acids is 1. The molecule has 0 saturated heterocycles. The standard InChI is InChI=1S/C12H14O2/c1-3-10(2)9-14-12-7-5-4-6-11(12)8-13/h4-8H,2-3,9H2,1H3. The molecule has 0 N–H and O–H groups in total. The molecule has 74 valence electrons. The highest BCUT2D eigenvalue weighted by Gasteiger charge is 2.01. The maximum atomic E-state index is 10.6. The molecule has 0 unspecified atom stereocenters. The van der Waals surface area contributed by atoms with Crippen molar-refractivity contribution in [2.24, 2.45) is 0 Å². The lowest BCUT2D eigenvalue weighted by atomic mass is 10.2. The van der Waals surface area contributed by atoms with Crippen LogP contribution >= 0.6 is 0 Å². The lowest BCUT2D eigenvalue weighted by Gasteiger charge is -2.08. The summed E-state index contributed by atoms with van der Waals surface area (Å²) in [7, 11) is 0. The summed E-state index contributed by atoms with van der Waals surface area (Å²) in [5.41, 5.74) is 1.60. The normalized spacial score (nSPS) is 9.50. The number of carbonyl (C=O) groups is 1.